The molecular weight excluding hydrogens is 269 g/mol. The van der Waals surface area contributed by atoms with Gasteiger partial charge in [-0.15, -0.1) is 0 Å². The lowest BCUT2D eigenvalue weighted by atomic mass is 10.1. The van der Waals surface area contributed by atoms with Crippen molar-refractivity contribution < 1.29 is 9.18 Å². The van der Waals surface area contributed by atoms with Gasteiger partial charge in [-0.1, -0.05) is 0 Å². The fraction of sp³-hybridized carbons (Fsp3) is 0.312. The van der Waals surface area contributed by atoms with E-state index in [1.807, 2.05) is 22.9 Å². The molecule has 1 fully saturated rings. The lowest BCUT2D eigenvalue weighted by Gasteiger charge is -2.25. The van der Waals surface area contributed by atoms with Crippen LogP contribution in [0.5, 0.6) is 0 Å². The molecule has 0 atom stereocenters. The fourth-order valence-corrected chi connectivity index (χ4v) is 2.72. The van der Waals surface area contributed by atoms with Crippen molar-refractivity contribution in [1.82, 2.24) is 9.88 Å². The van der Waals surface area contributed by atoms with Crippen LogP contribution in [0.3, 0.4) is 0 Å². The highest BCUT2D eigenvalue weighted by Gasteiger charge is 2.19. The first-order valence-corrected chi connectivity index (χ1v) is 7.18. The van der Waals surface area contributed by atoms with E-state index in [1.165, 1.54) is 12.1 Å². The predicted octanol–water partition coefficient (Wildman–Crippen LogP) is 2.80. The van der Waals surface area contributed by atoms with Gasteiger partial charge in [0.05, 0.1) is 0 Å². The van der Waals surface area contributed by atoms with Gasteiger partial charge in [0.2, 0.25) is 0 Å². The van der Waals surface area contributed by atoms with Crippen molar-refractivity contribution in [2.24, 2.45) is 0 Å². The summed E-state index contributed by atoms with van der Waals surface area (Å²) in [5.41, 5.74) is 1.24. The van der Waals surface area contributed by atoms with Gasteiger partial charge < -0.3 is 15.2 Å². The molecule has 1 aromatic heterocycles. The van der Waals surface area contributed by atoms with Gasteiger partial charge in [0, 0.05) is 17.9 Å². The Hall–Kier alpha value is -2.14. The van der Waals surface area contributed by atoms with E-state index >= 15 is 0 Å². The van der Waals surface area contributed by atoms with Gasteiger partial charge >= 0.3 is 0 Å². The number of piperidine rings is 1. The topological polar surface area (TPSA) is 46.1 Å². The van der Waals surface area contributed by atoms with Crippen LogP contribution in [0, 0.1) is 5.82 Å². The summed E-state index contributed by atoms with van der Waals surface area (Å²) in [7, 11) is 0. The summed E-state index contributed by atoms with van der Waals surface area (Å²) in [6, 6.07) is 9.86. The van der Waals surface area contributed by atoms with Crippen molar-refractivity contribution in [3.05, 3.63) is 54.1 Å². The van der Waals surface area contributed by atoms with E-state index in [0.29, 0.717) is 17.4 Å². The molecule has 4 nitrogen and oxygen atoms in total. The maximum atomic E-state index is 12.9. The van der Waals surface area contributed by atoms with Gasteiger partial charge in [0.25, 0.3) is 5.91 Å². The first-order chi connectivity index (χ1) is 10.2. The third-order valence-electron chi connectivity index (χ3n) is 3.82. The zero-order valence-electron chi connectivity index (χ0n) is 11.7. The van der Waals surface area contributed by atoms with Gasteiger partial charge in [0.1, 0.15) is 11.5 Å². The third-order valence-corrected chi connectivity index (χ3v) is 3.82. The molecule has 0 unspecified atom stereocenters. The molecule has 1 aromatic carbocycles. The number of benzene rings is 1. The largest absolute Gasteiger partial charge is 0.340 e. The molecule has 0 spiro atoms. The SMILES string of the molecule is O=C(Nc1ccc(F)cc1)c1cccn1C1CCNCC1. The number of carbonyl (C=O) groups excluding carboxylic acids is 1. The molecule has 1 aliphatic heterocycles. The quantitative estimate of drug-likeness (QED) is 0.912. The summed E-state index contributed by atoms with van der Waals surface area (Å²) in [4.78, 5) is 12.4. The minimum Gasteiger partial charge on any atom is -0.340 e. The maximum absolute atomic E-state index is 12.9. The molecule has 2 aromatic rings. The number of nitrogens with zero attached hydrogens (tertiary/aromatic N) is 1. The van der Waals surface area contributed by atoms with Crippen LogP contribution in [-0.2, 0) is 0 Å². The number of rotatable bonds is 3. The molecular formula is C16H18FN3O. The second-order valence-corrected chi connectivity index (χ2v) is 5.24. The lowest BCUT2D eigenvalue weighted by Crippen LogP contribution is -2.31. The Balaban J connectivity index is 1.75. The van der Waals surface area contributed by atoms with Gasteiger partial charge in [-0.25, -0.2) is 4.39 Å². The molecule has 2 N–H and O–H groups in total. The lowest BCUT2D eigenvalue weighted by molar-refractivity contribution is 0.101. The van der Waals surface area contributed by atoms with Gasteiger partial charge in [-0.05, 0) is 62.3 Å². The summed E-state index contributed by atoms with van der Waals surface area (Å²) >= 11 is 0. The minimum atomic E-state index is -0.314. The van der Waals surface area contributed by atoms with E-state index in [4.69, 9.17) is 0 Å². The molecule has 110 valence electrons. The highest BCUT2D eigenvalue weighted by atomic mass is 19.1. The van der Waals surface area contributed by atoms with E-state index in [9.17, 15) is 9.18 Å². The van der Waals surface area contributed by atoms with Crippen LogP contribution in [0.1, 0.15) is 29.4 Å². The van der Waals surface area contributed by atoms with Crippen molar-refractivity contribution in [2.75, 3.05) is 18.4 Å². The van der Waals surface area contributed by atoms with E-state index in [2.05, 4.69) is 10.6 Å². The normalized spacial score (nSPS) is 15.9. The minimum absolute atomic E-state index is 0.162. The van der Waals surface area contributed by atoms with Crippen LogP contribution in [-0.4, -0.2) is 23.6 Å². The smallest absolute Gasteiger partial charge is 0.272 e. The highest BCUT2D eigenvalue weighted by molar-refractivity contribution is 6.03. The Labute approximate surface area is 123 Å². The fourth-order valence-electron chi connectivity index (χ4n) is 2.72. The van der Waals surface area contributed by atoms with Crippen molar-refractivity contribution in [1.29, 1.82) is 0 Å². The summed E-state index contributed by atoms with van der Waals surface area (Å²) in [6.45, 7) is 1.95. The number of anilines is 1. The number of hydrogen-bond acceptors (Lipinski definition) is 2. The monoisotopic (exact) mass is 287 g/mol. The number of hydrogen-bond donors (Lipinski definition) is 2. The molecule has 0 radical (unpaired) electrons. The molecule has 1 amide bonds. The molecule has 5 heteroatoms. The Morgan fingerprint density at radius 2 is 1.90 bits per heavy atom. The number of aromatic nitrogens is 1. The molecule has 0 saturated carbocycles. The average molecular weight is 287 g/mol. The van der Waals surface area contributed by atoms with Gasteiger partial charge in [-0.2, -0.15) is 0 Å². The first-order valence-electron chi connectivity index (χ1n) is 7.18. The second-order valence-electron chi connectivity index (χ2n) is 5.24. The third kappa shape index (κ3) is 3.13. The Morgan fingerprint density at radius 3 is 2.62 bits per heavy atom. The second kappa shape index (κ2) is 6.10. The highest BCUT2D eigenvalue weighted by Crippen LogP contribution is 2.22. The molecule has 3 rings (SSSR count). The molecule has 1 aliphatic rings. The molecule has 21 heavy (non-hydrogen) atoms. The molecule has 1 saturated heterocycles. The Bertz CT molecular complexity index is 615. The number of halogens is 1. The van der Waals surface area contributed by atoms with E-state index in [-0.39, 0.29) is 11.7 Å². The standard InChI is InChI=1S/C16H18FN3O/c17-12-3-5-13(6-4-12)19-16(21)15-2-1-11-20(15)14-7-9-18-10-8-14/h1-6,11,14,18H,7-10H2,(H,19,21). The Morgan fingerprint density at radius 1 is 1.19 bits per heavy atom. The van der Waals surface area contributed by atoms with Crippen molar-refractivity contribution in [3.8, 4) is 0 Å². The van der Waals surface area contributed by atoms with Crippen molar-refractivity contribution in [3.63, 3.8) is 0 Å². The van der Waals surface area contributed by atoms with Crippen LogP contribution >= 0.6 is 0 Å². The molecule has 2 heterocycles. The predicted molar refractivity (Wildman–Crippen MR) is 79.9 cm³/mol. The summed E-state index contributed by atoms with van der Waals surface area (Å²) in [5.74, 6) is -0.476. The van der Waals surface area contributed by atoms with Gasteiger partial charge in [0.15, 0.2) is 0 Å². The first kappa shape index (κ1) is 13.8. The molecule has 0 aliphatic carbocycles. The summed E-state index contributed by atoms with van der Waals surface area (Å²) in [6.07, 6.45) is 3.99. The van der Waals surface area contributed by atoms with Crippen LogP contribution in [0.25, 0.3) is 0 Å². The Kier molecular flexibility index (Phi) is 4.01. The average Bonchev–Trinajstić information content (AvgIpc) is 3.00. The summed E-state index contributed by atoms with van der Waals surface area (Å²) in [5, 5.41) is 6.13. The van der Waals surface area contributed by atoms with E-state index in [0.717, 1.165) is 25.9 Å². The summed E-state index contributed by atoms with van der Waals surface area (Å²) < 4.78 is 14.9. The zero-order valence-corrected chi connectivity index (χ0v) is 11.7. The maximum Gasteiger partial charge on any atom is 0.272 e. The van der Waals surface area contributed by atoms with Crippen LogP contribution < -0.4 is 10.6 Å². The molecule has 0 bridgehead atoms. The van der Waals surface area contributed by atoms with Crippen molar-refractivity contribution >= 4 is 11.6 Å². The zero-order chi connectivity index (χ0) is 14.7. The number of carbonyl (C=O) groups is 1. The van der Waals surface area contributed by atoms with Crippen molar-refractivity contribution in [2.45, 2.75) is 18.9 Å². The van der Waals surface area contributed by atoms with Crippen LogP contribution in [0.2, 0.25) is 0 Å². The number of nitrogens with one attached hydrogen (secondary N) is 2. The van der Waals surface area contributed by atoms with E-state index < -0.39 is 0 Å². The van der Waals surface area contributed by atoms with Crippen LogP contribution in [0.4, 0.5) is 10.1 Å². The van der Waals surface area contributed by atoms with E-state index in [1.54, 1.807) is 12.1 Å². The number of amides is 1. The van der Waals surface area contributed by atoms with Gasteiger partial charge in [-0.3, -0.25) is 4.79 Å². The van der Waals surface area contributed by atoms with Crippen LogP contribution in [0.15, 0.2) is 42.6 Å².